The normalized spacial score (nSPS) is 22.7. The van der Waals surface area contributed by atoms with Crippen LogP contribution in [0.4, 0.5) is 0 Å². The van der Waals surface area contributed by atoms with Crippen LogP contribution in [0, 0.1) is 5.92 Å². The molecule has 0 aliphatic carbocycles. The van der Waals surface area contributed by atoms with Gasteiger partial charge in [-0.15, -0.1) is 11.8 Å². The van der Waals surface area contributed by atoms with Crippen LogP contribution in [0.3, 0.4) is 0 Å². The lowest BCUT2D eigenvalue weighted by Gasteiger charge is -2.32. The predicted molar refractivity (Wildman–Crippen MR) is 123 cm³/mol. The van der Waals surface area contributed by atoms with Gasteiger partial charge in [-0.1, -0.05) is 51.1 Å². The molecule has 1 heterocycles. The van der Waals surface area contributed by atoms with Crippen molar-refractivity contribution in [2.24, 2.45) is 5.92 Å². The number of hydrogen-bond acceptors (Lipinski definition) is 4. The number of Topliss-reactive ketones (excluding diaryl/α,β-unsaturated/α-hetero) is 1. The van der Waals surface area contributed by atoms with E-state index < -0.39 is 11.6 Å². The summed E-state index contributed by atoms with van der Waals surface area (Å²) in [5.41, 5.74) is 0.246. The Balaban J connectivity index is 0.00000338. The van der Waals surface area contributed by atoms with Crippen LogP contribution in [0.25, 0.3) is 0 Å². The van der Waals surface area contributed by atoms with Crippen molar-refractivity contribution in [3.05, 3.63) is 35.9 Å². The summed E-state index contributed by atoms with van der Waals surface area (Å²) >= 11 is 1.63. The van der Waals surface area contributed by atoms with Gasteiger partial charge in [0.25, 0.3) is 0 Å². The lowest BCUT2D eigenvalue weighted by atomic mass is 9.91. The number of rotatable bonds is 8. The summed E-state index contributed by atoms with van der Waals surface area (Å²) in [6.07, 6.45) is 0.938. The molecule has 1 N–H and O–H groups in total. The molecule has 1 fully saturated rings. The maximum Gasteiger partial charge on any atom is 0.249 e. The van der Waals surface area contributed by atoms with Gasteiger partial charge in [0.1, 0.15) is 11.6 Å². The Hall–Kier alpha value is -0.630. The van der Waals surface area contributed by atoms with Gasteiger partial charge < -0.3 is 10.1 Å². The Labute approximate surface area is 181 Å². The van der Waals surface area contributed by atoms with Gasteiger partial charge in [-0.25, -0.2) is 0 Å². The first-order chi connectivity index (χ1) is 11.9. The molecule has 4 nitrogen and oxygen atoms in total. The van der Waals surface area contributed by atoms with Crippen molar-refractivity contribution in [1.29, 1.82) is 0 Å². The van der Waals surface area contributed by atoms with Crippen LogP contribution in [-0.4, -0.2) is 34.3 Å². The smallest absolute Gasteiger partial charge is 0.249 e. The first-order valence-electron chi connectivity index (χ1n) is 8.99. The third-order valence-electron chi connectivity index (χ3n) is 4.66. The van der Waals surface area contributed by atoms with E-state index in [1.165, 1.54) is 0 Å². The molecule has 1 aliphatic rings. The molecule has 0 saturated carbocycles. The minimum absolute atomic E-state index is 0. The van der Waals surface area contributed by atoms with E-state index >= 15 is 0 Å². The SMILES string of the molecule is CC[C@H]1SCC(=O)[C@]1(C)NC(=O)[C@H](CC(C)C)OCc1ccccc1.S.S. The van der Waals surface area contributed by atoms with Crippen molar-refractivity contribution in [1.82, 2.24) is 5.32 Å². The second kappa shape index (κ2) is 12.0. The second-order valence-electron chi connectivity index (χ2n) is 7.24. The molecule has 1 aromatic rings. The summed E-state index contributed by atoms with van der Waals surface area (Å²) < 4.78 is 5.93. The van der Waals surface area contributed by atoms with Crippen molar-refractivity contribution >= 4 is 50.4 Å². The van der Waals surface area contributed by atoms with Crippen LogP contribution in [0.15, 0.2) is 30.3 Å². The van der Waals surface area contributed by atoms with E-state index in [-0.39, 0.29) is 43.9 Å². The lowest BCUT2D eigenvalue weighted by molar-refractivity contribution is -0.139. The Morgan fingerprint density at radius 2 is 1.93 bits per heavy atom. The molecule has 0 unspecified atom stereocenters. The first-order valence-corrected chi connectivity index (χ1v) is 10.0. The van der Waals surface area contributed by atoms with Crippen molar-refractivity contribution in [2.75, 3.05) is 5.75 Å². The van der Waals surface area contributed by atoms with Crippen molar-refractivity contribution in [3.63, 3.8) is 0 Å². The highest BCUT2D eigenvalue weighted by atomic mass is 32.2. The van der Waals surface area contributed by atoms with Gasteiger partial charge in [0.15, 0.2) is 5.78 Å². The zero-order valence-electron chi connectivity index (χ0n) is 16.6. The average molecular weight is 432 g/mol. The summed E-state index contributed by atoms with van der Waals surface area (Å²) in [5.74, 6) is 0.718. The molecule has 1 aliphatic heterocycles. The van der Waals surface area contributed by atoms with E-state index in [0.717, 1.165) is 12.0 Å². The summed E-state index contributed by atoms with van der Waals surface area (Å²) in [6.45, 7) is 8.43. The third-order valence-corrected chi connectivity index (χ3v) is 6.30. The van der Waals surface area contributed by atoms with Crippen molar-refractivity contribution in [2.45, 2.75) is 64.0 Å². The fraction of sp³-hybridized carbons (Fsp3) is 0.600. The standard InChI is InChI=1S/C20H29NO3S.2H2S/c1-5-18-20(4,17(22)13-25-18)21-19(23)16(11-14(2)3)24-12-15-9-7-6-8-10-15;;/h6-10,14,16,18H,5,11-13H2,1-4H3,(H,21,23);2*1H2/t16-,18+,20-;;/m0../s1. The Morgan fingerprint density at radius 1 is 1.30 bits per heavy atom. The average Bonchev–Trinajstić information content (AvgIpc) is 2.86. The quantitative estimate of drug-likeness (QED) is 0.680. The summed E-state index contributed by atoms with van der Waals surface area (Å²) in [5, 5.41) is 3.14. The van der Waals surface area contributed by atoms with Crippen molar-refractivity contribution in [3.8, 4) is 0 Å². The van der Waals surface area contributed by atoms with Gasteiger partial charge in [-0.05, 0) is 31.2 Å². The molecule has 3 atom stereocenters. The van der Waals surface area contributed by atoms with Crippen LogP contribution in [-0.2, 0) is 20.9 Å². The second-order valence-corrected chi connectivity index (χ2v) is 8.43. The largest absolute Gasteiger partial charge is 0.364 e. The lowest BCUT2D eigenvalue weighted by Crippen LogP contribution is -2.58. The fourth-order valence-electron chi connectivity index (χ4n) is 3.14. The Morgan fingerprint density at radius 3 is 2.48 bits per heavy atom. The van der Waals surface area contributed by atoms with Crippen LogP contribution in [0.1, 0.15) is 46.1 Å². The summed E-state index contributed by atoms with van der Waals surface area (Å²) in [4.78, 5) is 25.2. The molecule has 0 aromatic heterocycles. The predicted octanol–water partition coefficient (Wildman–Crippen LogP) is 3.81. The van der Waals surface area contributed by atoms with E-state index in [9.17, 15) is 9.59 Å². The third kappa shape index (κ3) is 7.04. The number of carbonyl (C=O) groups excluding carboxylic acids is 2. The minimum atomic E-state index is -0.790. The maximum atomic E-state index is 12.9. The number of ketones is 1. The number of ether oxygens (including phenoxy) is 1. The maximum absolute atomic E-state index is 12.9. The van der Waals surface area contributed by atoms with Crippen molar-refractivity contribution < 1.29 is 14.3 Å². The number of hydrogen-bond donors (Lipinski definition) is 1. The first kappa shape index (κ1) is 26.4. The van der Waals surface area contributed by atoms with Crippen LogP contribution < -0.4 is 5.32 Å². The summed E-state index contributed by atoms with van der Waals surface area (Å²) in [7, 11) is 0. The van der Waals surface area contributed by atoms with Crippen LogP contribution in [0.5, 0.6) is 0 Å². The van der Waals surface area contributed by atoms with Gasteiger partial charge in [0, 0.05) is 5.25 Å². The number of amides is 1. The molecule has 0 spiro atoms. The topological polar surface area (TPSA) is 55.4 Å². The van der Waals surface area contributed by atoms with Crippen LogP contribution in [0.2, 0.25) is 0 Å². The Kier molecular flexibility index (Phi) is 11.8. The molecule has 2 rings (SSSR count). The highest BCUT2D eigenvalue weighted by molar-refractivity contribution is 8.01. The van der Waals surface area contributed by atoms with E-state index in [4.69, 9.17) is 4.74 Å². The molecule has 0 radical (unpaired) electrons. The van der Waals surface area contributed by atoms with Gasteiger partial charge in [0.2, 0.25) is 5.91 Å². The number of carbonyl (C=O) groups is 2. The highest BCUT2D eigenvalue weighted by Crippen LogP contribution is 2.35. The fourth-order valence-corrected chi connectivity index (χ4v) is 4.55. The molecule has 1 saturated heterocycles. The summed E-state index contributed by atoms with van der Waals surface area (Å²) in [6, 6.07) is 9.83. The van der Waals surface area contributed by atoms with E-state index in [1.807, 2.05) is 37.3 Å². The highest BCUT2D eigenvalue weighted by Gasteiger charge is 2.47. The van der Waals surface area contributed by atoms with E-state index in [0.29, 0.717) is 24.7 Å². The van der Waals surface area contributed by atoms with Crippen LogP contribution >= 0.6 is 38.8 Å². The number of thioether (sulfide) groups is 1. The van der Waals surface area contributed by atoms with Gasteiger partial charge in [-0.2, -0.15) is 27.0 Å². The molecule has 7 heteroatoms. The monoisotopic (exact) mass is 431 g/mol. The molecule has 1 aromatic carbocycles. The zero-order chi connectivity index (χ0) is 18.4. The van der Waals surface area contributed by atoms with Gasteiger partial charge in [-0.3, -0.25) is 9.59 Å². The molecule has 0 bridgehead atoms. The van der Waals surface area contributed by atoms with E-state index in [2.05, 4.69) is 26.1 Å². The molecule has 154 valence electrons. The molecule has 27 heavy (non-hydrogen) atoms. The Bertz CT molecular complexity index is 597. The molecular formula is C20H33NO3S3. The molecular weight excluding hydrogens is 398 g/mol. The zero-order valence-corrected chi connectivity index (χ0v) is 19.4. The van der Waals surface area contributed by atoms with Gasteiger partial charge in [0.05, 0.1) is 12.4 Å². The van der Waals surface area contributed by atoms with E-state index in [1.54, 1.807) is 11.8 Å². The molecule has 1 amide bonds. The minimum Gasteiger partial charge on any atom is -0.364 e. The van der Waals surface area contributed by atoms with Gasteiger partial charge >= 0.3 is 0 Å². The number of nitrogens with one attached hydrogen (secondary N) is 1. The number of benzene rings is 1.